The van der Waals surface area contributed by atoms with Crippen LogP contribution >= 0.6 is 12.6 Å². The van der Waals surface area contributed by atoms with Crippen LogP contribution in [0.5, 0.6) is 0 Å². The maximum atomic E-state index is 4.51. The summed E-state index contributed by atoms with van der Waals surface area (Å²) in [6.45, 7) is 13.4. The molecular weight excluding hydrogens is 253 g/mol. The average molecular weight is 273 g/mol. The predicted molar refractivity (Wildman–Crippen MR) is 57.9 cm³/mol. The minimum absolute atomic E-state index is 0. The zero-order valence-corrected chi connectivity index (χ0v) is 13.0. The third kappa shape index (κ3) is 2.18. The van der Waals surface area contributed by atoms with Gasteiger partial charge in [-0.3, -0.25) is 10.7 Å². The summed E-state index contributed by atoms with van der Waals surface area (Å²) in [6, 6.07) is 0. The molecule has 0 aromatic carbocycles. The molecule has 0 N–H and O–H groups in total. The molecule has 2 unspecified atom stereocenters. The number of hydrogen-bond acceptors (Lipinski definition) is 1. The van der Waals surface area contributed by atoms with Crippen LogP contribution in [0.25, 0.3) is 0 Å². The van der Waals surface area contributed by atoms with E-state index >= 15 is 0 Å². The summed E-state index contributed by atoms with van der Waals surface area (Å²) >= 11 is 4.51. The van der Waals surface area contributed by atoms with E-state index in [0.717, 1.165) is 0 Å². The van der Waals surface area contributed by atoms with Crippen LogP contribution in [0, 0.1) is 28.9 Å². The van der Waals surface area contributed by atoms with Crippen LogP contribution in [0.4, 0.5) is 0 Å². The summed E-state index contributed by atoms with van der Waals surface area (Å²) in [4.78, 5) is 0. The van der Waals surface area contributed by atoms with Crippen molar-refractivity contribution in [1.29, 1.82) is 0 Å². The first-order valence-corrected chi connectivity index (χ1v) is 5.15. The predicted octanol–water partition coefficient (Wildman–Crippen LogP) is 3.74. The first-order valence-electron chi connectivity index (χ1n) is 4.70. The quantitative estimate of drug-likeness (QED) is 0.546. The van der Waals surface area contributed by atoms with Crippen LogP contribution in [0.1, 0.15) is 40.5 Å². The smallest absolute Gasteiger partial charge is 0 e. The van der Waals surface area contributed by atoms with Gasteiger partial charge in [-0.1, -0.05) is 44.9 Å². The first-order chi connectivity index (χ1) is 5.32. The van der Waals surface area contributed by atoms with Gasteiger partial charge in [0.05, 0.1) is 0 Å². The van der Waals surface area contributed by atoms with E-state index in [0.29, 0.717) is 11.3 Å². The molecule has 1 aliphatic rings. The molecule has 75 valence electrons. The molecule has 1 rings (SSSR count). The molecule has 1 fully saturated rings. The molecule has 0 heterocycles. The van der Waals surface area contributed by atoms with Crippen molar-refractivity contribution in [3.05, 3.63) is 12.2 Å². The van der Waals surface area contributed by atoms with Gasteiger partial charge in [0.15, 0.2) is 0 Å². The van der Waals surface area contributed by atoms with Gasteiger partial charge in [0.25, 0.3) is 0 Å². The minimum atomic E-state index is 0. The molecule has 0 bridgehead atoms. The molecule has 0 saturated heterocycles. The Kier molecular flexibility index (Phi) is 5.04. The largest absolute Gasteiger partial charge is 0.368 e. The summed E-state index contributed by atoms with van der Waals surface area (Å²) in [7, 11) is 0. The standard InChI is InChI=1S/C11H20S.Y/c1-8-6-7-10(3,4)11(8,5)9(2)12;/h8,12H,5-7H2,1-4H3;/q-2;. The third-order valence-electron chi connectivity index (χ3n) is 3.90. The van der Waals surface area contributed by atoms with Crippen molar-refractivity contribution in [2.75, 3.05) is 0 Å². The Morgan fingerprint density at radius 1 is 1.46 bits per heavy atom. The van der Waals surface area contributed by atoms with Crippen molar-refractivity contribution in [1.82, 2.24) is 0 Å². The molecule has 13 heavy (non-hydrogen) atoms. The van der Waals surface area contributed by atoms with Crippen LogP contribution in [-0.2, 0) is 32.7 Å². The molecule has 0 amide bonds. The molecule has 2 heteroatoms. The van der Waals surface area contributed by atoms with Crippen molar-refractivity contribution in [3.63, 3.8) is 0 Å². The summed E-state index contributed by atoms with van der Waals surface area (Å²) in [5, 5.41) is 1.19. The summed E-state index contributed by atoms with van der Waals surface area (Å²) < 4.78 is 0. The van der Waals surface area contributed by atoms with Crippen LogP contribution < -0.4 is 0 Å². The molecule has 2 atom stereocenters. The molecule has 1 saturated carbocycles. The fourth-order valence-electron chi connectivity index (χ4n) is 2.56. The molecule has 0 aromatic rings. The monoisotopic (exact) mass is 273 g/mol. The summed E-state index contributed by atoms with van der Waals surface area (Å²) in [5.41, 5.74) is 0.397. The first kappa shape index (κ1) is 14.5. The Morgan fingerprint density at radius 2 is 1.92 bits per heavy atom. The SMILES string of the molecule is [CH2-]C1([C-](C)S)C(C)CCC1(C)C.[Y]. The van der Waals surface area contributed by atoms with Gasteiger partial charge in [-0.2, -0.15) is 6.92 Å². The van der Waals surface area contributed by atoms with Crippen LogP contribution in [-0.4, -0.2) is 0 Å². The van der Waals surface area contributed by atoms with Gasteiger partial charge in [0.1, 0.15) is 0 Å². The second-order valence-corrected chi connectivity index (χ2v) is 5.55. The Morgan fingerprint density at radius 3 is 2.08 bits per heavy atom. The number of rotatable bonds is 1. The Hall–Kier alpha value is 1.45. The van der Waals surface area contributed by atoms with E-state index in [4.69, 9.17) is 0 Å². The van der Waals surface area contributed by atoms with Gasteiger partial charge in [-0.15, -0.1) is 0 Å². The van der Waals surface area contributed by atoms with E-state index in [1.807, 2.05) is 0 Å². The van der Waals surface area contributed by atoms with Gasteiger partial charge in [0, 0.05) is 32.7 Å². The topological polar surface area (TPSA) is 0 Å². The zero-order valence-electron chi connectivity index (χ0n) is 9.22. The molecule has 0 aliphatic heterocycles. The van der Waals surface area contributed by atoms with E-state index in [-0.39, 0.29) is 38.1 Å². The summed E-state index contributed by atoms with van der Waals surface area (Å²) in [6.07, 6.45) is 2.56. The van der Waals surface area contributed by atoms with Gasteiger partial charge in [0.2, 0.25) is 0 Å². The van der Waals surface area contributed by atoms with Crippen molar-refractivity contribution in [3.8, 4) is 0 Å². The molecule has 0 nitrogen and oxygen atoms in total. The maximum absolute atomic E-state index is 4.51. The molecule has 0 spiro atoms. The van der Waals surface area contributed by atoms with E-state index in [9.17, 15) is 0 Å². The normalized spacial score (nSPS) is 37.6. The van der Waals surface area contributed by atoms with Crippen LogP contribution in [0.3, 0.4) is 0 Å². The van der Waals surface area contributed by atoms with E-state index in [1.54, 1.807) is 0 Å². The van der Waals surface area contributed by atoms with Gasteiger partial charge < -0.3 is 19.6 Å². The van der Waals surface area contributed by atoms with Crippen LogP contribution in [0.15, 0.2) is 0 Å². The molecule has 0 aromatic heterocycles. The number of hydrogen-bond donors (Lipinski definition) is 1. The van der Waals surface area contributed by atoms with E-state index in [2.05, 4.69) is 47.2 Å². The van der Waals surface area contributed by atoms with Crippen molar-refractivity contribution in [2.45, 2.75) is 40.5 Å². The van der Waals surface area contributed by atoms with E-state index < -0.39 is 0 Å². The Balaban J connectivity index is 0.00000144. The molecule has 1 aliphatic carbocycles. The molecular formula is C11H20SY-2. The van der Waals surface area contributed by atoms with Crippen molar-refractivity contribution < 1.29 is 32.7 Å². The third-order valence-corrected chi connectivity index (χ3v) is 4.30. The second-order valence-electron chi connectivity index (χ2n) is 4.88. The molecule has 1 radical (unpaired) electrons. The fourth-order valence-corrected chi connectivity index (χ4v) is 3.08. The number of thiol groups is 1. The van der Waals surface area contributed by atoms with Crippen LogP contribution in [0.2, 0.25) is 0 Å². The van der Waals surface area contributed by atoms with Gasteiger partial charge >= 0.3 is 0 Å². The second kappa shape index (κ2) is 4.53. The van der Waals surface area contributed by atoms with Gasteiger partial charge in [-0.05, 0) is 0 Å². The minimum Gasteiger partial charge on any atom is -0.368 e. The Labute approximate surface area is 114 Å². The fraction of sp³-hybridized carbons (Fsp3) is 0.818. The zero-order chi connectivity index (χ0) is 9.57. The summed E-state index contributed by atoms with van der Waals surface area (Å²) in [5.74, 6) is 0.671. The maximum Gasteiger partial charge on any atom is 0 e. The van der Waals surface area contributed by atoms with Crippen molar-refractivity contribution in [2.24, 2.45) is 16.7 Å². The Bertz CT molecular complexity index is 177. The van der Waals surface area contributed by atoms with E-state index in [1.165, 1.54) is 18.1 Å². The van der Waals surface area contributed by atoms with Gasteiger partial charge in [-0.25, -0.2) is 0 Å². The van der Waals surface area contributed by atoms with Crippen molar-refractivity contribution >= 4 is 12.6 Å². The average Bonchev–Trinajstić information content (AvgIpc) is 2.15.